The molecule has 4 atom stereocenters. The third-order valence-corrected chi connectivity index (χ3v) is 4.51. The molecule has 0 aliphatic carbocycles. The molecule has 33 heavy (non-hydrogen) atoms. The standard InChI is InChI=1S/C19H31N7O7/c1-9(2)3-12(24-16(29)11(20)4-10-6-22-8-23-10)17(30)26-14(7-27)18(31)25-13(19(32)33)5-15(21)28/h6,8-9,11-14,27H,3-5,7,20H2,1-2H3,(H2,21,28)(H,22,23)(H,24,29)(H,25,31)(H,26,30)(H,32,33). The van der Waals surface area contributed by atoms with Gasteiger partial charge >= 0.3 is 5.97 Å². The van der Waals surface area contributed by atoms with Crippen LogP contribution >= 0.6 is 0 Å². The fourth-order valence-electron chi connectivity index (χ4n) is 2.85. The van der Waals surface area contributed by atoms with Crippen molar-refractivity contribution in [2.45, 2.75) is 57.3 Å². The summed E-state index contributed by atoms with van der Waals surface area (Å²) in [6, 6.07) is -5.21. The average Bonchev–Trinajstić information content (AvgIpc) is 3.22. The molecular formula is C19H31N7O7. The highest BCUT2D eigenvalue weighted by Gasteiger charge is 2.31. The van der Waals surface area contributed by atoms with E-state index in [1.807, 2.05) is 19.2 Å². The Morgan fingerprint density at radius 1 is 1.03 bits per heavy atom. The van der Waals surface area contributed by atoms with Crippen molar-refractivity contribution < 1.29 is 34.2 Å². The van der Waals surface area contributed by atoms with Crippen molar-refractivity contribution in [2.75, 3.05) is 6.61 Å². The van der Waals surface area contributed by atoms with Gasteiger partial charge in [0, 0.05) is 18.3 Å². The second kappa shape index (κ2) is 13.1. The second-order valence-corrected chi connectivity index (χ2v) is 7.89. The van der Waals surface area contributed by atoms with Crippen LogP contribution in [-0.4, -0.2) is 80.6 Å². The molecule has 1 rings (SSSR count). The number of nitrogens with one attached hydrogen (secondary N) is 4. The first kappa shape index (κ1) is 27.5. The Balaban J connectivity index is 2.83. The molecule has 1 aromatic heterocycles. The van der Waals surface area contributed by atoms with E-state index in [0.717, 1.165) is 0 Å². The van der Waals surface area contributed by atoms with Gasteiger partial charge in [-0.3, -0.25) is 19.2 Å². The number of aromatic nitrogens is 2. The van der Waals surface area contributed by atoms with E-state index in [0.29, 0.717) is 5.69 Å². The van der Waals surface area contributed by atoms with E-state index in [1.54, 1.807) is 0 Å². The van der Waals surface area contributed by atoms with Crippen LogP contribution < -0.4 is 27.4 Å². The number of carboxylic acid groups (broad SMARTS) is 1. The molecule has 0 fully saturated rings. The highest BCUT2D eigenvalue weighted by molar-refractivity contribution is 5.95. The van der Waals surface area contributed by atoms with Crippen molar-refractivity contribution >= 4 is 29.6 Å². The van der Waals surface area contributed by atoms with Crippen molar-refractivity contribution in [3.63, 3.8) is 0 Å². The lowest BCUT2D eigenvalue weighted by Gasteiger charge is -2.25. The van der Waals surface area contributed by atoms with E-state index in [1.165, 1.54) is 12.5 Å². The van der Waals surface area contributed by atoms with Gasteiger partial charge < -0.3 is 42.6 Å². The summed E-state index contributed by atoms with van der Waals surface area (Å²) in [4.78, 5) is 66.4. The van der Waals surface area contributed by atoms with Gasteiger partial charge in [-0.15, -0.1) is 0 Å². The zero-order valence-corrected chi connectivity index (χ0v) is 18.4. The Bertz CT molecular complexity index is 828. The maximum absolute atomic E-state index is 12.8. The molecule has 0 bridgehead atoms. The van der Waals surface area contributed by atoms with Crippen LogP contribution in [0, 0.1) is 5.92 Å². The molecule has 0 saturated heterocycles. The minimum absolute atomic E-state index is 0.0294. The van der Waals surface area contributed by atoms with Crippen LogP contribution in [0.4, 0.5) is 0 Å². The molecule has 0 aliphatic rings. The summed E-state index contributed by atoms with van der Waals surface area (Å²) in [5, 5.41) is 25.5. The van der Waals surface area contributed by atoms with Gasteiger partial charge in [-0.25, -0.2) is 9.78 Å². The number of hydrogen-bond donors (Lipinski definition) is 8. The molecule has 10 N–H and O–H groups in total. The van der Waals surface area contributed by atoms with Crippen LogP contribution in [0.2, 0.25) is 0 Å². The predicted molar refractivity (Wildman–Crippen MR) is 114 cm³/mol. The average molecular weight is 469 g/mol. The fourth-order valence-corrected chi connectivity index (χ4v) is 2.85. The van der Waals surface area contributed by atoms with Crippen LogP contribution in [-0.2, 0) is 30.4 Å². The summed E-state index contributed by atoms with van der Waals surface area (Å²) in [6.45, 7) is 2.77. The topological polar surface area (TPSA) is 243 Å². The largest absolute Gasteiger partial charge is 0.480 e. The summed E-state index contributed by atoms with van der Waals surface area (Å²) in [7, 11) is 0. The van der Waals surface area contributed by atoms with Crippen LogP contribution in [0.3, 0.4) is 0 Å². The Morgan fingerprint density at radius 2 is 1.61 bits per heavy atom. The molecule has 1 heterocycles. The number of imidazole rings is 1. The third-order valence-electron chi connectivity index (χ3n) is 4.51. The van der Waals surface area contributed by atoms with Crippen LogP contribution in [0.25, 0.3) is 0 Å². The van der Waals surface area contributed by atoms with Gasteiger partial charge in [0.25, 0.3) is 0 Å². The van der Waals surface area contributed by atoms with E-state index in [4.69, 9.17) is 16.6 Å². The summed E-state index contributed by atoms with van der Waals surface area (Å²) < 4.78 is 0. The highest BCUT2D eigenvalue weighted by atomic mass is 16.4. The Labute approximate surface area is 189 Å². The first-order chi connectivity index (χ1) is 15.4. The van der Waals surface area contributed by atoms with Gasteiger partial charge in [0.1, 0.15) is 18.1 Å². The number of amides is 4. The van der Waals surface area contributed by atoms with Gasteiger partial charge in [-0.1, -0.05) is 13.8 Å². The summed E-state index contributed by atoms with van der Waals surface area (Å²) in [6.07, 6.45) is 2.63. The normalized spacial score (nSPS) is 14.6. The van der Waals surface area contributed by atoms with Gasteiger partial charge in [0.2, 0.25) is 23.6 Å². The van der Waals surface area contributed by atoms with Crippen LogP contribution in [0.5, 0.6) is 0 Å². The number of H-pyrrole nitrogens is 1. The van der Waals surface area contributed by atoms with Crippen molar-refractivity contribution in [1.82, 2.24) is 25.9 Å². The SMILES string of the molecule is CC(C)CC(NC(=O)C(N)Cc1cnc[nH]1)C(=O)NC(CO)C(=O)NC(CC(N)=O)C(=O)O. The molecular weight excluding hydrogens is 438 g/mol. The number of nitrogens with two attached hydrogens (primary N) is 2. The Morgan fingerprint density at radius 3 is 2.09 bits per heavy atom. The van der Waals surface area contributed by atoms with E-state index >= 15 is 0 Å². The molecule has 0 aliphatic heterocycles. The van der Waals surface area contributed by atoms with Gasteiger partial charge in [0.15, 0.2) is 0 Å². The molecule has 4 unspecified atom stereocenters. The first-order valence-electron chi connectivity index (χ1n) is 10.2. The molecule has 0 aromatic carbocycles. The summed E-state index contributed by atoms with van der Waals surface area (Å²) in [5.74, 6) is -4.92. The van der Waals surface area contributed by atoms with E-state index in [2.05, 4.69) is 20.6 Å². The minimum Gasteiger partial charge on any atom is -0.480 e. The van der Waals surface area contributed by atoms with Gasteiger partial charge in [0.05, 0.1) is 25.4 Å². The molecule has 0 spiro atoms. The van der Waals surface area contributed by atoms with Crippen molar-refractivity contribution in [3.8, 4) is 0 Å². The molecule has 184 valence electrons. The maximum Gasteiger partial charge on any atom is 0.326 e. The number of aliphatic hydroxyl groups excluding tert-OH is 1. The van der Waals surface area contributed by atoms with Crippen LogP contribution in [0.15, 0.2) is 12.5 Å². The summed E-state index contributed by atoms with van der Waals surface area (Å²) >= 11 is 0. The predicted octanol–water partition coefficient (Wildman–Crippen LogP) is -3.27. The number of aliphatic carboxylic acids is 1. The molecule has 4 amide bonds. The number of primary amides is 1. The number of aliphatic hydroxyl groups is 1. The number of carbonyl (C=O) groups excluding carboxylic acids is 4. The Kier molecular flexibility index (Phi) is 10.9. The molecule has 14 nitrogen and oxygen atoms in total. The number of nitrogens with zero attached hydrogens (tertiary/aromatic N) is 1. The monoisotopic (exact) mass is 469 g/mol. The molecule has 0 radical (unpaired) electrons. The molecule has 1 aromatic rings. The lowest BCUT2D eigenvalue weighted by molar-refractivity contribution is -0.144. The second-order valence-electron chi connectivity index (χ2n) is 7.89. The number of carboxylic acids is 1. The van der Waals surface area contributed by atoms with Crippen molar-refractivity contribution in [3.05, 3.63) is 18.2 Å². The smallest absolute Gasteiger partial charge is 0.326 e. The zero-order valence-electron chi connectivity index (χ0n) is 18.4. The van der Waals surface area contributed by atoms with Crippen molar-refractivity contribution in [1.29, 1.82) is 0 Å². The quantitative estimate of drug-likeness (QED) is 0.136. The fraction of sp³-hybridized carbons (Fsp3) is 0.579. The summed E-state index contributed by atoms with van der Waals surface area (Å²) in [5.41, 5.74) is 11.5. The third kappa shape index (κ3) is 9.65. The molecule has 0 saturated carbocycles. The number of hydrogen-bond acceptors (Lipinski definition) is 8. The van der Waals surface area contributed by atoms with E-state index in [9.17, 15) is 29.1 Å². The highest BCUT2D eigenvalue weighted by Crippen LogP contribution is 2.07. The molecule has 14 heteroatoms. The van der Waals surface area contributed by atoms with Crippen molar-refractivity contribution in [2.24, 2.45) is 17.4 Å². The lowest BCUT2D eigenvalue weighted by atomic mass is 10.0. The number of aromatic amines is 1. The minimum atomic E-state index is -1.63. The number of rotatable bonds is 14. The van der Waals surface area contributed by atoms with E-state index < -0.39 is 66.8 Å². The maximum atomic E-state index is 12.8. The van der Waals surface area contributed by atoms with Gasteiger partial charge in [-0.05, 0) is 12.3 Å². The lowest BCUT2D eigenvalue weighted by Crippen LogP contribution is -2.58. The van der Waals surface area contributed by atoms with E-state index in [-0.39, 0.29) is 18.8 Å². The first-order valence-corrected chi connectivity index (χ1v) is 10.2. The van der Waals surface area contributed by atoms with Crippen LogP contribution in [0.1, 0.15) is 32.4 Å². The van der Waals surface area contributed by atoms with Gasteiger partial charge in [-0.2, -0.15) is 0 Å². The zero-order chi connectivity index (χ0) is 25.1. The Hall–Kier alpha value is -3.52. The number of carbonyl (C=O) groups is 5.